The number of carbonyl (C=O) groups excluding carboxylic acids is 2. The Hall–Kier alpha value is -2.49. The highest BCUT2D eigenvalue weighted by molar-refractivity contribution is 14.0. The van der Waals surface area contributed by atoms with Crippen molar-refractivity contribution >= 4 is 41.8 Å². The van der Waals surface area contributed by atoms with E-state index >= 15 is 0 Å². The molecule has 2 aromatic rings. The van der Waals surface area contributed by atoms with Gasteiger partial charge >= 0.3 is 0 Å². The van der Waals surface area contributed by atoms with Gasteiger partial charge in [0.05, 0.1) is 11.1 Å². The van der Waals surface area contributed by atoms with Gasteiger partial charge in [0.15, 0.2) is 5.96 Å². The van der Waals surface area contributed by atoms with Gasteiger partial charge in [-0.05, 0) is 49.4 Å². The van der Waals surface area contributed by atoms with E-state index in [0.717, 1.165) is 24.8 Å². The third-order valence-corrected chi connectivity index (χ3v) is 6.10. The predicted molar refractivity (Wildman–Crippen MR) is 133 cm³/mol. The first-order valence-electron chi connectivity index (χ1n) is 10.7. The van der Waals surface area contributed by atoms with Gasteiger partial charge in [-0.3, -0.25) is 19.5 Å². The second kappa shape index (κ2) is 10.4. The van der Waals surface area contributed by atoms with Crippen molar-refractivity contribution in [2.45, 2.75) is 31.1 Å². The summed E-state index contributed by atoms with van der Waals surface area (Å²) in [7, 11) is 1.71. The number of nitrogens with one attached hydrogen (secondary N) is 2. The minimum absolute atomic E-state index is 0. The molecule has 1 aliphatic heterocycles. The number of hydrogen-bond acceptors (Lipinski definition) is 3. The highest BCUT2D eigenvalue weighted by Crippen LogP contribution is 2.48. The zero-order chi connectivity index (χ0) is 21.8. The topological polar surface area (TPSA) is 73.8 Å². The van der Waals surface area contributed by atoms with Crippen LogP contribution in [-0.2, 0) is 5.41 Å². The second-order valence-electron chi connectivity index (χ2n) is 8.13. The zero-order valence-electron chi connectivity index (χ0n) is 18.1. The number of carbonyl (C=O) groups is 2. The van der Waals surface area contributed by atoms with E-state index in [1.165, 1.54) is 11.0 Å². The van der Waals surface area contributed by atoms with Gasteiger partial charge in [-0.2, -0.15) is 0 Å². The number of fused-ring (bicyclic) bond motifs is 1. The fourth-order valence-corrected chi connectivity index (χ4v) is 4.10. The third-order valence-electron chi connectivity index (χ3n) is 6.10. The molecule has 2 N–H and O–H groups in total. The Labute approximate surface area is 204 Å². The normalized spacial score (nSPS) is 16.4. The lowest BCUT2D eigenvalue weighted by Gasteiger charge is -2.19. The molecule has 8 heteroatoms. The number of rotatable bonds is 8. The monoisotopic (exact) mass is 550 g/mol. The van der Waals surface area contributed by atoms with Crippen molar-refractivity contribution in [2.75, 3.05) is 26.7 Å². The molecule has 0 aromatic heterocycles. The number of unbranched alkanes of at least 4 members (excludes halogenated alkanes) is 1. The molecule has 2 aromatic carbocycles. The molecule has 0 bridgehead atoms. The van der Waals surface area contributed by atoms with Gasteiger partial charge in [-0.15, -0.1) is 24.0 Å². The molecule has 0 saturated heterocycles. The zero-order valence-corrected chi connectivity index (χ0v) is 20.4. The minimum atomic E-state index is -0.214. The largest absolute Gasteiger partial charge is 0.356 e. The average molecular weight is 550 g/mol. The lowest BCUT2D eigenvalue weighted by atomic mass is 9.95. The second-order valence-corrected chi connectivity index (χ2v) is 8.13. The van der Waals surface area contributed by atoms with Crippen LogP contribution >= 0.6 is 24.0 Å². The Balaban J connectivity index is 0.00000289. The SMILES string of the molecule is CN=C(NCCCCN1C(=O)c2ccccc2C1=O)NCC1(c2ccccc2F)CC1.I. The number of halogens is 2. The van der Waals surface area contributed by atoms with Crippen LogP contribution in [0.4, 0.5) is 4.39 Å². The molecule has 0 atom stereocenters. The van der Waals surface area contributed by atoms with E-state index in [9.17, 15) is 14.0 Å². The maximum Gasteiger partial charge on any atom is 0.261 e. The number of imide groups is 1. The van der Waals surface area contributed by atoms with Crippen molar-refractivity contribution in [3.05, 3.63) is 71.0 Å². The maximum absolute atomic E-state index is 14.2. The van der Waals surface area contributed by atoms with Gasteiger partial charge < -0.3 is 10.6 Å². The van der Waals surface area contributed by atoms with Crippen molar-refractivity contribution in [3.8, 4) is 0 Å². The summed E-state index contributed by atoms with van der Waals surface area (Å²) in [6.07, 6.45) is 3.40. The molecule has 0 radical (unpaired) electrons. The van der Waals surface area contributed by atoms with Gasteiger partial charge in [0, 0.05) is 32.1 Å². The Bertz CT molecular complexity index is 988. The van der Waals surface area contributed by atoms with Crippen molar-refractivity contribution in [2.24, 2.45) is 4.99 Å². The van der Waals surface area contributed by atoms with E-state index in [0.29, 0.717) is 43.1 Å². The van der Waals surface area contributed by atoms with Crippen LogP contribution in [0.2, 0.25) is 0 Å². The molecular formula is C24H28FIN4O2. The third kappa shape index (κ3) is 4.95. The Kier molecular flexibility index (Phi) is 7.86. The van der Waals surface area contributed by atoms with E-state index in [2.05, 4.69) is 15.6 Å². The van der Waals surface area contributed by atoms with Crippen molar-refractivity contribution in [1.29, 1.82) is 0 Å². The quantitative estimate of drug-likeness (QED) is 0.173. The summed E-state index contributed by atoms with van der Waals surface area (Å²) in [5, 5.41) is 6.57. The fraction of sp³-hybridized carbons (Fsp3) is 0.375. The van der Waals surface area contributed by atoms with E-state index in [1.54, 1.807) is 37.4 Å². The number of aliphatic imine (C=N–C) groups is 1. The van der Waals surface area contributed by atoms with Crippen molar-refractivity contribution in [3.63, 3.8) is 0 Å². The standard InChI is InChI=1S/C24H27FN4O2.HI/c1-26-23(28-16-24(12-13-24)19-10-4-5-11-20(19)25)27-14-6-7-15-29-21(30)17-8-2-3-9-18(17)22(29)31;/h2-5,8-11H,6-7,12-16H2,1H3,(H2,26,27,28);1H. The molecule has 1 aliphatic carbocycles. The molecule has 2 aliphatic rings. The summed E-state index contributed by atoms with van der Waals surface area (Å²) in [4.78, 5) is 30.3. The maximum atomic E-state index is 14.2. The molecule has 2 amide bonds. The summed E-state index contributed by atoms with van der Waals surface area (Å²) < 4.78 is 14.2. The number of benzene rings is 2. The summed E-state index contributed by atoms with van der Waals surface area (Å²) in [6.45, 7) is 1.69. The minimum Gasteiger partial charge on any atom is -0.356 e. The average Bonchev–Trinajstić information content (AvgIpc) is 3.54. The number of hydrogen-bond donors (Lipinski definition) is 2. The van der Waals surface area contributed by atoms with Crippen LogP contribution in [0.3, 0.4) is 0 Å². The molecule has 1 fully saturated rings. The van der Waals surface area contributed by atoms with Gasteiger partial charge in [0.1, 0.15) is 5.82 Å². The smallest absolute Gasteiger partial charge is 0.261 e. The molecule has 0 unspecified atom stereocenters. The van der Waals surface area contributed by atoms with E-state index in [-0.39, 0.29) is 47.0 Å². The summed E-state index contributed by atoms with van der Waals surface area (Å²) in [6, 6.07) is 13.9. The van der Waals surface area contributed by atoms with Crippen LogP contribution in [0.25, 0.3) is 0 Å². The van der Waals surface area contributed by atoms with Gasteiger partial charge in [0.2, 0.25) is 0 Å². The van der Waals surface area contributed by atoms with Gasteiger partial charge in [-0.1, -0.05) is 30.3 Å². The van der Waals surface area contributed by atoms with Crippen LogP contribution in [0.1, 0.15) is 52.0 Å². The molecule has 0 spiro atoms. The molecule has 1 saturated carbocycles. The number of amides is 2. The molecular weight excluding hydrogens is 522 g/mol. The Morgan fingerprint density at radius 2 is 1.62 bits per heavy atom. The summed E-state index contributed by atoms with van der Waals surface area (Å²) in [5.41, 5.74) is 1.58. The van der Waals surface area contributed by atoms with Crippen molar-refractivity contribution in [1.82, 2.24) is 15.5 Å². The summed E-state index contributed by atoms with van der Waals surface area (Å²) >= 11 is 0. The van der Waals surface area contributed by atoms with Crippen LogP contribution in [0.5, 0.6) is 0 Å². The van der Waals surface area contributed by atoms with Crippen LogP contribution in [0.15, 0.2) is 53.5 Å². The number of guanidine groups is 1. The lowest BCUT2D eigenvalue weighted by molar-refractivity contribution is 0.0652. The van der Waals surface area contributed by atoms with Gasteiger partial charge in [-0.25, -0.2) is 4.39 Å². The highest BCUT2D eigenvalue weighted by Gasteiger charge is 2.45. The molecule has 6 nitrogen and oxygen atoms in total. The highest BCUT2D eigenvalue weighted by atomic mass is 127. The molecule has 170 valence electrons. The Morgan fingerprint density at radius 1 is 1.00 bits per heavy atom. The molecule has 32 heavy (non-hydrogen) atoms. The lowest BCUT2D eigenvalue weighted by Crippen LogP contribution is -2.42. The van der Waals surface area contributed by atoms with E-state index in [1.807, 2.05) is 12.1 Å². The van der Waals surface area contributed by atoms with Crippen LogP contribution in [0, 0.1) is 5.82 Å². The number of nitrogens with zero attached hydrogens (tertiary/aromatic N) is 2. The van der Waals surface area contributed by atoms with E-state index in [4.69, 9.17) is 0 Å². The van der Waals surface area contributed by atoms with Crippen LogP contribution < -0.4 is 10.6 Å². The first-order chi connectivity index (χ1) is 15.1. The molecule has 1 heterocycles. The van der Waals surface area contributed by atoms with Crippen molar-refractivity contribution < 1.29 is 14.0 Å². The first-order valence-corrected chi connectivity index (χ1v) is 10.7. The van der Waals surface area contributed by atoms with E-state index < -0.39 is 0 Å². The van der Waals surface area contributed by atoms with Crippen LogP contribution in [-0.4, -0.2) is 49.4 Å². The summed E-state index contributed by atoms with van der Waals surface area (Å²) in [5.74, 6) is 0.0871. The predicted octanol–water partition coefficient (Wildman–Crippen LogP) is 3.72. The Morgan fingerprint density at radius 3 is 2.22 bits per heavy atom. The fourth-order valence-electron chi connectivity index (χ4n) is 4.10. The first kappa shape index (κ1) is 24.2. The van der Waals surface area contributed by atoms with Gasteiger partial charge in [0.25, 0.3) is 11.8 Å². The molecule has 4 rings (SSSR count).